The molecule has 1 unspecified atom stereocenters. The van der Waals surface area contributed by atoms with Gasteiger partial charge in [0.05, 0.1) is 29.4 Å². The molecule has 2 aromatic rings. The van der Waals surface area contributed by atoms with E-state index in [1.54, 1.807) is 36.5 Å². The summed E-state index contributed by atoms with van der Waals surface area (Å²) in [5.41, 5.74) is 1.68. The predicted molar refractivity (Wildman–Crippen MR) is 100 cm³/mol. The van der Waals surface area contributed by atoms with Crippen LogP contribution in [0.1, 0.15) is 23.7 Å². The molecule has 1 aliphatic rings. The van der Waals surface area contributed by atoms with E-state index in [1.165, 1.54) is 6.20 Å². The number of hydrogen-bond donors (Lipinski definition) is 2. The predicted octanol–water partition coefficient (Wildman–Crippen LogP) is 2.33. The van der Waals surface area contributed by atoms with Crippen molar-refractivity contribution in [1.82, 2.24) is 4.98 Å². The monoisotopic (exact) mass is 375 g/mol. The third-order valence-electron chi connectivity index (χ3n) is 4.03. The molecule has 1 atom stereocenters. The molecule has 0 spiro atoms. The number of nitrogens with one attached hydrogen (secondary N) is 2. The number of amides is 1. The topological polar surface area (TPSA) is 97.4 Å². The van der Waals surface area contributed by atoms with E-state index in [9.17, 15) is 13.2 Å². The number of aromatic nitrogens is 1. The summed E-state index contributed by atoms with van der Waals surface area (Å²) in [6.07, 6.45) is 3.62. The fourth-order valence-corrected chi connectivity index (χ4v) is 4.47. The number of carbonyl (C=O) groups excluding carboxylic acids is 1. The molecule has 1 aliphatic heterocycles. The highest BCUT2D eigenvalue weighted by atomic mass is 32.2. The van der Waals surface area contributed by atoms with Crippen LogP contribution in [0.3, 0.4) is 0 Å². The van der Waals surface area contributed by atoms with Gasteiger partial charge in [-0.15, -0.1) is 0 Å². The van der Waals surface area contributed by atoms with E-state index in [-0.39, 0.29) is 23.5 Å². The molecular weight excluding hydrogens is 354 g/mol. The SMILES string of the molecule is CCOc1ccc(NC(=O)c2cncc(NC3CCS(=O)(=O)C3)c2)cc1. The molecule has 0 aliphatic carbocycles. The summed E-state index contributed by atoms with van der Waals surface area (Å²) in [5.74, 6) is 0.750. The van der Waals surface area contributed by atoms with Crippen molar-refractivity contribution in [1.29, 1.82) is 0 Å². The number of carbonyl (C=O) groups is 1. The van der Waals surface area contributed by atoms with Gasteiger partial charge in [-0.1, -0.05) is 0 Å². The number of anilines is 2. The molecule has 8 heteroatoms. The Kier molecular flexibility index (Phi) is 5.41. The molecule has 7 nitrogen and oxygen atoms in total. The molecule has 0 radical (unpaired) electrons. The Morgan fingerprint density at radius 3 is 2.65 bits per heavy atom. The maximum absolute atomic E-state index is 12.4. The molecule has 2 N–H and O–H groups in total. The lowest BCUT2D eigenvalue weighted by atomic mass is 10.2. The first-order valence-corrected chi connectivity index (χ1v) is 10.2. The van der Waals surface area contributed by atoms with Crippen molar-refractivity contribution in [3.05, 3.63) is 48.3 Å². The van der Waals surface area contributed by atoms with Gasteiger partial charge in [-0.25, -0.2) is 8.42 Å². The summed E-state index contributed by atoms with van der Waals surface area (Å²) in [6, 6.07) is 8.63. The number of benzene rings is 1. The number of ether oxygens (including phenoxy) is 1. The van der Waals surface area contributed by atoms with E-state index in [4.69, 9.17) is 4.74 Å². The second kappa shape index (κ2) is 7.74. The van der Waals surface area contributed by atoms with Crippen molar-refractivity contribution in [2.24, 2.45) is 0 Å². The van der Waals surface area contributed by atoms with Crippen molar-refractivity contribution in [3.63, 3.8) is 0 Å². The lowest BCUT2D eigenvalue weighted by Gasteiger charge is -2.13. The number of hydrogen-bond acceptors (Lipinski definition) is 6. The summed E-state index contributed by atoms with van der Waals surface area (Å²) < 4.78 is 28.5. The van der Waals surface area contributed by atoms with Crippen LogP contribution in [0.25, 0.3) is 0 Å². The number of sulfone groups is 1. The minimum atomic E-state index is -2.96. The smallest absolute Gasteiger partial charge is 0.257 e. The van der Waals surface area contributed by atoms with Crippen LogP contribution in [0.15, 0.2) is 42.7 Å². The van der Waals surface area contributed by atoms with Crippen molar-refractivity contribution in [3.8, 4) is 5.75 Å². The average Bonchev–Trinajstić information content (AvgIpc) is 2.95. The van der Waals surface area contributed by atoms with Gasteiger partial charge in [-0.2, -0.15) is 0 Å². The maximum atomic E-state index is 12.4. The Morgan fingerprint density at radius 1 is 1.23 bits per heavy atom. The minimum absolute atomic E-state index is 0.107. The van der Waals surface area contributed by atoms with Crippen molar-refractivity contribution < 1.29 is 17.9 Å². The van der Waals surface area contributed by atoms with Crippen molar-refractivity contribution in [2.75, 3.05) is 28.7 Å². The van der Waals surface area contributed by atoms with Crippen LogP contribution in [0.4, 0.5) is 11.4 Å². The van der Waals surface area contributed by atoms with Crippen molar-refractivity contribution in [2.45, 2.75) is 19.4 Å². The van der Waals surface area contributed by atoms with Gasteiger partial charge in [0.15, 0.2) is 9.84 Å². The molecule has 26 heavy (non-hydrogen) atoms. The highest BCUT2D eigenvalue weighted by molar-refractivity contribution is 7.91. The minimum Gasteiger partial charge on any atom is -0.494 e. The number of pyridine rings is 1. The molecule has 0 bridgehead atoms. The van der Waals surface area contributed by atoms with Crippen LogP contribution >= 0.6 is 0 Å². The zero-order chi connectivity index (χ0) is 18.6. The molecule has 3 rings (SSSR count). The van der Waals surface area contributed by atoms with E-state index in [1.807, 2.05) is 6.92 Å². The summed E-state index contributed by atoms with van der Waals surface area (Å²) in [5, 5.41) is 5.94. The second-order valence-electron chi connectivity index (χ2n) is 6.12. The fraction of sp³-hybridized carbons (Fsp3) is 0.333. The van der Waals surface area contributed by atoms with Crippen LogP contribution in [-0.2, 0) is 9.84 Å². The molecule has 1 aromatic heterocycles. The Labute approximate surface area is 152 Å². The van der Waals surface area contributed by atoms with Gasteiger partial charge in [0.2, 0.25) is 0 Å². The molecule has 0 saturated carbocycles. The zero-order valence-electron chi connectivity index (χ0n) is 14.4. The summed E-state index contributed by atoms with van der Waals surface area (Å²) >= 11 is 0. The Balaban J connectivity index is 1.64. The van der Waals surface area contributed by atoms with Gasteiger partial charge < -0.3 is 15.4 Å². The van der Waals surface area contributed by atoms with Gasteiger partial charge in [-0.05, 0) is 43.7 Å². The van der Waals surface area contributed by atoms with E-state index in [2.05, 4.69) is 15.6 Å². The van der Waals surface area contributed by atoms with Crippen molar-refractivity contribution >= 4 is 27.1 Å². The van der Waals surface area contributed by atoms with Crippen LogP contribution in [0.5, 0.6) is 5.75 Å². The highest BCUT2D eigenvalue weighted by Crippen LogP contribution is 2.19. The van der Waals surface area contributed by atoms with E-state index >= 15 is 0 Å². The standard InChI is InChI=1S/C18H21N3O4S/c1-2-25-17-5-3-14(4-6-17)21-18(22)13-9-16(11-19-10-13)20-15-7-8-26(23,24)12-15/h3-6,9-11,15,20H,2,7-8,12H2,1H3,(H,21,22). The van der Waals surface area contributed by atoms with Crippen LogP contribution in [0, 0.1) is 0 Å². The van der Waals surface area contributed by atoms with E-state index < -0.39 is 9.84 Å². The highest BCUT2D eigenvalue weighted by Gasteiger charge is 2.27. The fourth-order valence-electron chi connectivity index (χ4n) is 2.79. The van der Waals surface area contributed by atoms with E-state index in [0.29, 0.717) is 30.0 Å². The normalized spacial score (nSPS) is 18.3. The largest absolute Gasteiger partial charge is 0.494 e. The first-order chi connectivity index (χ1) is 12.4. The molecule has 1 amide bonds. The Morgan fingerprint density at radius 2 is 2.00 bits per heavy atom. The summed E-state index contributed by atoms with van der Waals surface area (Å²) in [7, 11) is -2.96. The molecule has 138 valence electrons. The van der Waals surface area contributed by atoms with Crippen LogP contribution in [0.2, 0.25) is 0 Å². The first-order valence-electron chi connectivity index (χ1n) is 8.41. The Hall–Kier alpha value is -2.61. The third-order valence-corrected chi connectivity index (χ3v) is 5.79. The van der Waals surface area contributed by atoms with Gasteiger partial charge in [0, 0.05) is 24.1 Å². The van der Waals surface area contributed by atoms with Crippen LogP contribution in [-0.4, -0.2) is 43.5 Å². The molecule has 2 heterocycles. The van der Waals surface area contributed by atoms with Gasteiger partial charge in [0.25, 0.3) is 5.91 Å². The molecular formula is C18H21N3O4S. The van der Waals surface area contributed by atoms with Crippen LogP contribution < -0.4 is 15.4 Å². The summed E-state index contributed by atoms with van der Waals surface area (Å²) in [4.78, 5) is 16.5. The molecule has 1 aromatic carbocycles. The molecule has 1 fully saturated rings. The van der Waals surface area contributed by atoms with Gasteiger partial charge in [-0.3, -0.25) is 9.78 Å². The zero-order valence-corrected chi connectivity index (χ0v) is 15.3. The molecule has 1 saturated heterocycles. The Bertz CT molecular complexity index is 882. The number of nitrogens with zero attached hydrogens (tertiary/aromatic N) is 1. The van der Waals surface area contributed by atoms with E-state index in [0.717, 1.165) is 5.75 Å². The quantitative estimate of drug-likeness (QED) is 0.804. The maximum Gasteiger partial charge on any atom is 0.257 e. The lowest BCUT2D eigenvalue weighted by molar-refractivity contribution is 0.102. The number of rotatable bonds is 6. The summed E-state index contributed by atoms with van der Waals surface area (Å²) in [6.45, 7) is 2.49. The van der Waals surface area contributed by atoms with Gasteiger partial charge >= 0.3 is 0 Å². The third kappa shape index (κ3) is 4.72. The lowest BCUT2D eigenvalue weighted by Crippen LogP contribution is -2.21. The first kappa shape index (κ1) is 18.2. The average molecular weight is 375 g/mol. The van der Waals surface area contributed by atoms with Gasteiger partial charge in [0.1, 0.15) is 5.75 Å². The second-order valence-corrected chi connectivity index (χ2v) is 8.35.